The molecule has 4 nitrogen and oxygen atoms in total. The van der Waals surface area contributed by atoms with Crippen molar-refractivity contribution in [1.82, 2.24) is 5.32 Å². The van der Waals surface area contributed by atoms with E-state index >= 15 is 0 Å². The molecular weight excluding hydrogens is 266 g/mol. The van der Waals surface area contributed by atoms with Crippen molar-refractivity contribution in [1.29, 1.82) is 0 Å². The second-order valence-electron chi connectivity index (χ2n) is 5.96. The number of aliphatic hydroxyl groups is 1. The molecule has 1 aromatic carbocycles. The van der Waals surface area contributed by atoms with Crippen LogP contribution >= 0.6 is 0 Å². The van der Waals surface area contributed by atoms with Crippen molar-refractivity contribution in [3.8, 4) is 11.5 Å². The third-order valence-corrected chi connectivity index (χ3v) is 3.53. The van der Waals surface area contributed by atoms with Gasteiger partial charge in [-0.2, -0.15) is 0 Å². The fraction of sp³-hybridized carbons (Fsp3) is 0.647. The molecule has 21 heavy (non-hydrogen) atoms. The average Bonchev–Trinajstić information content (AvgIpc) is 2.46. The van der Waals surface area contributed by atoms with E-state index in [1.807, 2.05) is 19.1 Å². The Morgan fingerprint density at radius 1 is 1.29 bits per heavy atom. The number of aliphatic hydroxyl groups excluding tert-OH is 1. The van der Waals surface area contributed by atoms with Crippen LogP contribution in [0.4, 0.5) is 0 Å². The second-order valence-corrected chi connectivity index (χ2v) is 5.96. The van der Waals surface area contributed by atoms with Crippen LogP contribution < -0.4 is 14.8 Å². The molecule has 0 aliphatic carbocycles. The Bertz CT molecular complexity index is 434. The Morgan fingerprint density at radius 3 is 2.52 bits per heavy atom. The predicted molar refractivity (Wildman–Crippen MR) is 86.2 cm³/mol. The molecule has 1 rings (SSSR count). The fourth-order valence-corrected chi connectivity index (χ4v) is 2.33. The van der Waals surface area contributed by atoms with Crippen molar-refractivity contribution in [3.63, 3.8) is 0 Å². The first-order valence-corrected chi connectivity index (χ1v) is 7.62. The summed E-state index contributed by atoms with van der Waals surface area (Å²) in [6.45, 7) is 8.87. The van der Waals surface area contributed by atoms with Gasteiger partial charge in [-0.05, 0) is 31.0 Å². The van der Waals surface area contributed by atoms with Crippen LogP contribution in [-0.2, 0) is 6.42 Å². The first-order valence-electron chi connectivity index (χ1n) is 7.62. The van der Waals surface area contributed by atoms with Crippen LogP contribution in [-0.4, -0.2) is 37.0 Å². The number of ether oxygens (including phenoxy) is 2. The lowest BCUT2D eigenvalue weighted by Gasteiger charge is -2.31. The molecule has 1 unspecified atom stereocenters. The van der Waals surface area contributed by atoms with E-state index in [9.17, 15) is 5.11 Å². The smallest absolute Gasteiger partial charge is 0.161 e. The van der Waals surface area contributed by atoms with Gasteiger partial charge in [0.15, 0.2) is 11.5 Å². The van der Waals surface area contributed by atoms with Crippen molar-refractivity contribution in [3.05, 3.63) is 23.8 Å². The molecule has 0 saturated heterocycles. The maximum atomic E-state index is 9.56. The van der Waals surface area contributed by atoms with Crippen molar-refractivity contribution < 1.29 is 14.6 Å². The molecular formula is C17H29NO3. The molecule has 1 atom stereocenters. The zero-order chi connectivity index (χ0) is 15.9. The zero-order valence-corrected chi connectivity index (χ0v) is 13.9. The lowest BCUT2D eigenvalue weighted by Crippen LogP contribution is -2.49. The van der Waals surface area contributed by atoms with Crippen LogP contribution in [0.15, 0.2) is 18.2 Å². The zero-order valence-electron chi connectivity index (χ0n) is 13.9. The maximum Gasteiger partial charge on any atom is 0.161 e. The van der Waals surface area contributed by atoms with E-state index in [0.29, 0.717) is 12.6 Å². The molecule has 2 N–H and O–H groups in total. The number of aryl methyl sites for hydroxylation is 1. The summed E-state index contributed by atoms with van der Waals surface area (Å²) < 4.78 is 11.2. The molecule has 0 radical (unpaired) electrons. The first-order chi connectivity index (χ1) is 9.94. The second kappa shape index (κ2) is 8.25. The molecule has 1 aromatic rings. The van der Waals surface area contributed by atoms with Crippen molar-refractivity contribution in [2.75, 3.05) is 20.3 Å². The quantitative estimate of drug-likeness (QED) is 0.735. The van der Waals surface area contributed by atoms with Gasteiger partial charge in [0.05, 0.1) is 20.3 Å². The third kappa shape index (κ3) is 5.56. The molecule has 0 spiro atoms. The van der Waals surface area contributed by atoms with E-state index in [0.717, 1.165) is 24.3 Å². The van der Waals surface area contributed by atoms with Crippen LogP contribution in [0.3, 0.4) is 0 Å². The van der Waals surface area contributed by atoms with E-state index in [-0.39, 0.29) is 12.1 Å². The standard InChI is InChI=1S/C17H29NO3/c1-6-14-7-8-15(16(11-14)20-5)21-10-9-17(4,12-19)18-13(2)3/h7-8,11,13,18-19H,6,9-10,12H2,1-5H3. The summed E-state index contributed by atoms with van der Waals surface area (Å²) in [7, 11) is 1.65. The number of nitrogens with one attached hydrogen (secondary N) is 1. The van der Waals surface area contributed by atoms with E-state index < -0.39 is 0 Å². The van der Waals surface area contributed by atoms with Gasteiger partial charge in [0.1, 0.15) is 0 Å². The molecule has 0 aliphatic heterocycles. The van der Waals surface area contributed by atoms with Crippen molar-refractivity contribution >= 4 is 0 Å². The van der Waals surface area contributed by atoms with Crippen molar-refractivity contribution in [2.24, 2.45) is 0 Å². The SMILES string of the molecule is CCc1ccc(OCCC(C)(CO)NC(C)C)c(OC)c1. The number of hydrogen-bond donors (Lipinski definition) is 2. The average molecular weight is 295 g/mol. The summed E-state index contributed by atoms with van der Waals surface area (Å²) >= 11 is 0. The molecule has 0 fully saturated rings. The van der Waals surface area contributed by atoms with Crippen LogP contribution in [0, 0.1) is 0 Å². The molecule has 0 aromatic heterocycles. The van der Waals surface area contributed by atoms with Crippen LogP contribution in [0.1, 0.15) is 39.7 Å². The highest BCUT2D eigenvalue weighted by Gasteiger charge is 2.23. The van der Waals surface area contributed by atoms with E-state index in [4.69, 9.17) is 9.47 Å². The number of methoxy groups -OCH3 is 1. The molecule has 4 heteroatoms. The minimum Gasteiger partial charge on any atom is -0.493 e. The Kier molecular flexibility index (Phi) is 6.99. The summed E-state index contributed by atoms with van der Waals surface area (Å²) in [6.07, 6.45) is 1.69. The molecule has 0 aliphatic rings. The summed E-state index contributed by atoms with van der Waals surface area (Å²) in [6, 6.07) is 6.33. The molecule has 0 saturated carbocycles. The molecule has 120 valence electrons. The monoisotopic (exact) mass is 295 g/mol. The van der Waals surface area contributed by atoms with Gasteiger partial charge in [0.25, 0.3) is 0 Å². The Balaban J connectivity index is 2.62. The minimum absolute atomic E-state index is 0.0838. The minimum atomic E-state index is -0.329. The highest BCUT2D eigenvalue weighted by molar-refractivity contribution is 5.42. The van der Waals surface area contributed by atoms with E-state index in [1.165, 1.54) is 5.56 Å². The van der Waals surface area contributed by atoms with Gasteiger partial charge in [-0.15, -0.1) is 0 Å². The van der Waals surface area contributed by atoms with Crippen LogP contribution in [0.25, 0.3) is 0 Å². The summed E-state index contributed by atoms with van der Waals surface area (Å²) in [5.74, 6) is 1.51. The van der Waals surface area contributed by atoms with E-state index in [1.54, 1.807) is 7.11 Å². The van der Waals surface area contributed by atoms with Gasteiger partial charge in [0, 0.05) is 18.0 Å². The van der Waals surface area contributed by atoms with Gasteiger partial charge in [0.2, 0.25) is 0 Å². The highest BCUT2D eigenvalue weighted by atomic mass is 16.5. The van der Waals surface area contributed by atoms with Crippen molar-refractivity contribution in [2.45, 2.75) is 52.1 Å². The first kappa shape index (κ1) is 17.8. The Morgan fingerprint density at radius 2 is 2.00 bits per heavy atom. The predicted octanol–water partition coefficient (Wildman–Crippen LogP) is 2.78. The van der Waals surface area contributed by atoms with Crippen LogP contribution in [0.2, 0.25) is 0 Å². The largest absolute Gasteiger partial charge is 0.493 e. The normalized spacial score (nSPS) is 14.0. The maximum absolute atomic E-state index is 9.56. The van der Waals surface area contributed by atoms with Crippen LogP contribution in [0.5, 0.6) is 11.5 Å². The number of benzene rings is 1. The fourth-order valence-electron chi connectivity index (χ4n) is 2.33. The Labute approximate surface area is 128 Å². The molecule has 0 bridgehead atoms. The van der Waals surface area contributed by atoms with E-state index in [2.05, 4.69) is 32.2 Å². The number of hydrogen-bond acceptors (Lipinski definition) is 4. The van der Waals surface area contributed by atoms with Gasteiger partial charge in [-0.3, -0.25) is 0 Å². The molecule has 0 amide bonds. The number of rotatable bonds is 9. The summed E-state index contributed by atoms with van der Waals surface area (Å²) in [5, 5.41) is 12.9. The molecule has 0 heterocycles. The third-order valence-electron chi connectivity index (χ3n) is 3.53. The lowest BCUT2D eigenvalue weighted by molar-refractivity contribution is 0.135. The Hall–Kier alpha value is -1.26. The van der Waals surface area contributed by atoms with Gasteiger partial charge < -0.3 is 19.9 Å². The summed E-state index contributed by atoms with van der Waals surface area (Å²) in [4.78, 5) is 0. The van der Waals surface area contributed by atoms with Gasteiger partial charge in [-0.25, -0.2) is 0 Å². The highest BCUT2D eigenvalue weighted by Crippen LogP contribution is 2.28. The van der Waals surface area contributed by atoms with Gasteiger partial charge in [-0.1, -0.05) is 26.8 Å². The summed E-state index contributed by atoms with van der Waals surface area (Å²) in [5.41, 5.74) is 0.894. The lowest BCUT2D eigenvalue weighted by atomic mass is 9.98. The topological polar surface area (TPSA) is 50.7 Å². The van der Waals surface area contributed by atoms with Gasteiger partial charge >= 0.3 is 0 Å².